The Labute approximate surface area is 157 Å². The smallest absolute Gasteiger partial charge is 0.251 e. The number of fused-ring (bicyclic) bond motifs is 1. The molecule has 5 nitrogen and oxygen atoms in total. The second-order valence-electron chi connectivity index (χ2n) is 6.10. The summed E-state index contributed by atoms with van der Waals surface area (Å²) in [5.74, 6) is 1.14. The minimum Gasteiger partial charge on any atom is -0.348 e. The van der Waals surface area contributed by atoms with E-state index in [-0.39, 0.29) is 5.91 Å². The van der Waals surface area contributed by atoms with Gasteiger partial charge in [0.1, 0.15) is 11.6 Å². The molecule has 2 heterocycles. The van der Waals surface area contributed by atoms with Crippen molar-refractivity contribution in [3.8, 4) is 0 Å². The molecule has 1 amide bonds. The van der Waals surface area contributed by atoms with E-state index in [0.29, 0.717) is 23.7 Å². The number of aromatic nitrogens is 2. The fourth-order valence-electron chi connectivity index (χ4n) is 2.86. The number of hydrogen-bond donors (Lipinski definition) is 2. The Bertz CT molecular complexity index is 1070. The molecule has 4 aromatic rings. The second-order valence-corrected chi connectivity index (χ2v) is 6.10. The molecule has 27 heavy (non-hydrogen) atoms. The quantitative estimate of drug-likeness (QED) is 0.561. The summed E-state index contributed by atoms with van der Waals surface area (Å²) in [5.41, 5.74) is 1.60. The Morgan fingerprint density at radius 1 is 0.852 bits per heavy atom. The molecule has 0 aliphatic rings. The summed E-state index contributed by atoms with van der Waals surface area (Å²) < 4.78 is 0. The molecular formula is C22H18N4O. The van der Waals surface area contributed by atoms with Crippen LogP contribution in [0.5, 0.6) is 0 Å². The van der Waals surface area contributed by atoms with Crippen LogP contribution in [0.1, 0.15) is 15.9 Å². The summed E-state index contributed by atoms with van der Waals surface area (Å²) in [7, 11) is 0. The zero-order valence-corrected chi connectivity index (χ0v) is 14.6. The lowest BCUT2D eigenvalue weighted by Gasteiger charge is -2.10. The van der Waals surface area contributed by atoms with E-state index < -0.39 is 0 Å². The van der Waals surface area contributed by atoms with Crippen LogP contribution in [0.15, 0.2) is 85.2 Å². The lowest BCUT2D eigenvalue weighted by atomic mass is 10.1. The molecule has 0 unspecified atom stereocenters. The Morgan fingerprint density at radius 2 is 1.63 bits per heavy atom. The van der Waals surface area contributed by atoms with Crippen molar-refractivity contribution < 1.29 is 4.79 Å². The van der Waals surface area contributed by atoms with Crippen molar-refractivity contribution in [2.24, 2.45) is 0 Å². The van der Waals surface area contributed by atoms with Crippen molar-refractivity contribution >= 4 is 28.3 Å². The van der Waals surface area contributed by atoms with E-state index in [4.69, 9.17) is 0 Å². The molecule has 0 atom stereocenters. The number of rotatable bonds is 5. The lowest BCUT2D eigenvalue weighted by molar-refractivity contribution is 0.0951. The zero-order chi connectivity index (χ0) is 18.5. The Kier molecular flexibility index (Phi) is 4.74. The van der Waals surface area contributed by atoms with Gasteiger partial charge in [0.05, 0.1) is 0 Å². The van der Waals surface area contributed by atoms with Crippen LogP contribution in [0, 0.1) is 0 Å². The van der Waals surface area contributed by atoms with Crippen molar-refractivity contribution in [3.63, 3.8) is 0 Å². The number of pyridine rings is 2. The molecule has 5 heteroatoms. The molecule has 0 saturated heterocycles. The fourth-order valence-corrected chi connectivity index (χ4v) is 2.86. The molecule has 0 fully saturated rings. The first-order valence-electron chi connectivity index (χ1n) is 8.68. The highest BCUT2D eigenvalue weighted by atomic mass is 16.1. The van der Waals surface area contributed by atoms with Crippen LogP contribution in [-0.2, 0) is 6.54 Å². The second kappa shape index (κ2) is 7.66. The molecule has 0 spiro atoms. The highest BCUT2D eigenvalue weighted by Gasteiger charge is 2.08. The van der Waals surface area contributed by atoms with Crippen molar-refractivity contribution in [3.05, 3.63) is 96.3 Å². The molecule has 0 aliphatic heterocycles. The average molecular weight is 354 g/mol. The van der Waals surface area contributed by atoms with Crippen molar-refractivity contribution in [2.45, 2.75) is 6.54 Å². The number of amides is 1. The van der Waals surface area contributed by atoms with Crippen LogP contribution in [-0.4, -0.2) is 15.9 Å². The van der Waals surface area contributed by atoms with Crippen LogP contribution >= 0.6 is 0 Å². The topological polar surface area (TPSA) is 66.9 Å². The van der Waals surface area contributed by atoms with Gasteiger partial charge in [-0.2, -0.15) is 0 Å². The lowest BCUT2D eigenvalue weighted by Crippen LogP contribution is -2.22. The van der Waals surface area contributed by atoms with Crippen molar-refractivity contribution in [2.75, 3.05) is 5.32 Å². The summed E-state index contributed by atoms with van der Waals surface area (Å²) in [6, 6.07) is 23.2. The van der Waals surface area contributed by atoms with Gasteiger partial charge in [-0.05, 0) is 29.1 Å². The normalized spacial score (nSPS) is 10.5. The van der Waals surface area contributed by atoms with Gasteiger partial charge in [0.2, 0.25) is 0 Å². The highest BCUT2D eigenvalue weighted by Crippen LogP contribution is 2.23. The van der Waals surface area contributed by atoms with E-state index in [1.165, 1.54) is 0 Å². The number of nitrogens with one attached hydrogen (secondary N) is 2. The Hall–Kier alpha value is -3.73. The van der Waals surface area contributed by atoms with Gasteiger partial charge in [0, 0.05) is 29.9 Å². The molecule has 0 bridgehead atoms. The number of hydrogen-bond acceptors (Lipinski definition) is 4. The molecule has 2 N–H and O–H groups in total. The maximum atomic E-state index is 12.5. The van der Waals surface area contributed by atoms with E-state index in [1.807, 2.05) is 60.7 Å². The first-order valence-corrected chi connectivity index (χ1v) is 8.68. The Morgan fingerprint density at radius 3 is 2.52 bits per heavy atom. The predicted molar refractivity (Wildman–Crippen MR) is 107 cm³/mol. The summed E-state index contributed by atoms with van der Waals surface area (Å²) in [6.45, 7) is 0.482. The first-order chi connectivity index (χ1) is 13.3. The molecular weight excluding hydrogens is 336 g/mol. The van der Waals surface area contributed by atoms with Gasteiger partial charge in [-0.1, -0.05) is 54.6 Å². The van der Waals surface area contributed by atoms with Crippen molar-refractivity contribution in [1.29, 1.82) is 0 Å². The predicted octanol–water partition coefficient (Wildman–Crippen LogP) is 4.30. The number of carbonyl (C=O) groups excluding carboxylic acids is 1. The molecule has 0 aliphatic carbocycles. The molecule has 0 radical (unpaired) electrons. The largest absolute Gasteiger partial charge is 0.348 e. The molecule has 132 valence electrons. The van der Waals surface area contributed by atoms with Gasteiger partial charge in [-0.3, -0.25) is 4.79 Å². The summed E-state index contributed by atoms with van der Waals surface area (Å²) in [4.78, 5) is 21.2. The van der Waals surface area contributed by atoms with Crippen LogP contribution in [0.25, 0.3) is 10.8 Å². The summed E-state index contributed by atoms with van der Waals surface area (Å²) in [5, 5.41) is 8.23. The van der Waals surface area contributed by atoms with Gasteiger partial charge in [-0.15, -0.1) is 0 Å². The molecule has 4 rings (SSSR count). The SMILES string of the molecule is O=C(NCc1ccccc1)c1ccnc(Nc2nccc3ccccc23)c1. The molecule has 2 aromatic heterocycles. The minimum atomic E-state index is -0.143. The summed E-state index contributed by atoms with van der Waals surface area (Å²) in [6.07, 6.45) is 3.37. The van der Waals surface area contributed by atoms with E-state index in [0.717, 1.165) is 16.3 Å². The maximum Gasteiger partial charge on any atom is 0.251 e. The first kappa shape index (κ1) is 16.7. The third kappa shape index (κ3) is 3.93. The highest BCUT2D eigenvalue weighted by molar-refractivity contribution is 5.96. The molecule has 2 aromatic carbocycles. The number of benzene rings is 2. The van der Waals surface area contributed by atoms with E-state index in [9.17, 15) is 4.79 Å². The average Bonchev–Trinajstić information content (AvgIpc) is 2.73. The van der Waals surface area contributed by atoms with Crippen LogP contribution in [0.2, 0.25) is 0 Å². The van der Waals surface area contributed by atoms with E-state index >= 15 is 0 Å². The third-order valence-electron chi connectivity index (χ3n) is 4.24. The number of anilines is 2. The molecule has 0 saturated carbocycles. The van der Waals surface area contributed by atoms with Crippen molar-refractivity contribution in [1.82, 2.24) is 15.3 Å². The van der Waals surface area contributed by atoms with Gasteiger partial charge >= 0.3 is 0 Å². The monoisotopic (exact) mass is 354 g/mol. The standard InChI is InChI=1S/C22H18N4O/c27-22(25-15-16-6-2-1-3-7-16)18-11-12-23-20(14-18)26-21-19-9-5-4-8-17(19)10-13-24-21/h1-14H,15H2,(H,25,27)(H,23,24,26). The number of carbonyl (C=O) groups is 1. The van der Waals surface area contributed by atoms with Gasteiger partial charge in [0.15, 0.2) is 0 Å². The zero-order valence-electron chi connectivity index (χ0n) is 14.6. The van der Waals surface area contributed by atoms with Crippen LogP contribution in [0.4, 0.5) is 11.6 Å². The van der Waals surface area contributed by atoms with Crippen LogP contribution < -0.4 is 10.6 Å². The third-order valence-corrected chi connectivity index (χ3v) is 4.24. The minimum absolute atomic E-state index is 0.143. The van der Waals surface area contributed by atoms with Gasteiger partial charge in [-0.25, -0.2) is 9.97 Å². The fraction of sp³-hybridized carbons (Fsp3) is 0.0455. The summed E-state index contributed by atoms with van der Waals surface area (Å²) >= 11 is 0. The van der Waals surface area contributed by atoms with E-state index in [2.05, 4.69) is 20.6 Å². The number of nitrogens with zero attached hydrogens (tertiary/aromatic N) is 2. The van der Waals surface area contributed by atoms with Gasteiger partial charge < -0.3 is 10.6 Å². The van der Waals surface area contributed by atoms with Gasteiger partial charge in [0.25, 0.3) is 5.91 Å². The maximum absolute atomic E-state index is 12.5. The van der Waals surface area contributed by atoms with Crippen LogP contribution in [0.3, 0.4) is 0 Å². The van der Waals surface area contributed by atoms with E-state index in [1.54, 1.807) is 24.5 Å². The Balaban J connectivity index is 1.51.